The lowest BCUT2D eigenvalue weighted by Gasteiger charge is -2.10. The molecule has 0 radical (unpaired) electrons. The number of nitrogens with one attached hydrogen (secondary N) is 3. The molecule has 0 spiro atoms. The van der Waals surface area contributed by atoms with Crippen LogP contribution in [0.1, 0.15) is 24.3 Å². The molecule has 1 aromatic heterocycles. The summed E-state index contributed by atoms with van der Waals surface area (Å²) in [6, 6.07) is 6.86. The van der Waals surface area contributed by atoms with Crippen LogP contribution in [0.2, 0.25) is 0 Å². The zero-order chi connectivity index (χ0) is 14.4. The highest BCUT2D eigenvalue weighted by Crippen LogP contribution is 2.16. The molecule has 1 aromatic carbocycles. The van der Waals surface area contributed by atoms with Crippen LogP contribution in [0.5, 0.6) is 0 Å². The van der Waals surface area contributed by atoms with Crippen LogP contribution in [0, 0.1) is 0 Å². The zero-order valence-corrected chi connectivity index (χ0v) is 11.3. The van der Waals surface area contributed by atoms with Gasteiger partial charge in [0.15, 0.2) is 0 Å². The van der Waals surface area contributed by atoms with Crippen molar-refractivity contribution in [2.24, 2.45) is 0 Å². The Morgan fingerprint density at radius 2 is 2.35 bits per heavy atom. The van der Waals surface area contributed by atoms with Gasteiger partial charge >= 0.3 is 6.03 Å². The van der Waals surface area contributed by atoms with Gasteiger partial charge in [-0.1, -0.05) is 12.1 Å². The van der Waals surface area contributed by atoms with E-state index in [9.17, 15) is 9.90 Å². The molecule has 1 atom stereocenters. The lowest BCUT2D eigenvalue weighted by molar-refractivity contribution is 0.199. The van der Waals surface area contributed by atoms with E-state index >= 15 is 0 Å². The fourth-order valence-corrected chi connectivity index (χ4v) is 1.78. The van der Waals surface area contributed by atoms with E-state index in [1.807, 2.05) is 6.07 Å². The van der Waals surface area contributed by atoms with E-state index in [1.54, 1.807) is 37.6 Å². The molecule has 2 rings (SSSR count). The molecule has 0 aliphatic rings. The van der Waals surface area contributed by atoms with Crippen molar-refractivity contribution in [2.75, 3.05) is 11.9 Å². The highest BCUT2D eigenvalue weighted by molar-refractivity contribution is 5.89. The Morgan fingerprint density at radius 3 is 3.05 bits per heavy atom. The van der Waals surface area contributed by atoms with E-state index in [0.29, 0.717) is 18.7 Å². The van der Waals surface area contributed by atoms with Crippen LogP contribution in [-0.4, -0.2) is 27.7 Å². The topological polar surface area (TPSA) is 90.0 Å². The molecule has 2 aromatic rings. The molecule has 0 saturated carbocycles. The van der Waals surface area contributed by atoms with Crippen LogP contribution in [0.4, 0.5) is 10.5 Å². The number of rotatable bonds is 5. The molecular formula is C14H18N4O2. The van der Waals surface area contributed by atoms with E-state index < -0.39 is 6.10 Å². The van der Waals surface area contributed by atoms with Crippen LogP contribution in [0.25, 0.3) is 0 Å². The van der Waals surface area contributed by atoms with Crippen molar-refractivity contribution >= 4 is 11.7 Å². The van der Waals surface area contributed by atoms with Crippen molar-refractivity contribution in [3.63, 3.8) is 0 Å². The molecule has 0 fully saturated rings. The molecule has 20 heavy (non-hydrogen) atoms. The summed E-state index contributed by atoms with van der Waals surface area (Å²) in [6.07, 6.45) is 3.48. The summed E-state index contributed by atoms with van der Waals surface area (Å²) in [4.78, 5) is 18.6. The number of hydrogen-bond donors (Lipinski definition) is 4. The summed E-state index contributed by atoms with van der Waals surface area (Å²) >= 11 is 0. The van der Waals surface area contributed by atoms with Gasteiger partial charge in [-0.15, -0.1) is 0 Å². The van der Waals surface area contributed by atoms with Gasteiger partial charge in [0.25, 0.3) is 0 Å². The maximum absolute atomic E-state index is 11.7. The number of aliphatic hydroxyl groups excluding tert-OH is 1. The molecule has 1 heterocycles. The SMILES string of the molecule is CC(O)c1cccc(NC(=O)NCCc2cnc[nH]2)c1. The Morgan fingerprint density at radius 1 is 1.50 bits per heavy atom. The Bertz CT molecular complexity index is 552. The van der Waals surface area contributed by atoms with Crippen molar-refractivity contribution in [2.45, 2.75) is 19.4 Å². The predicted molar refractivity (Wildman–Crippen MR) is 76.4 cm³/mol. The second-order valence-electron chi connectivity index (χ2n) is 4.51. The third kappa shape index (κ3) is 4.10. The molecule has 0 saturated heterocycles. The van der Waals surface area contributed by atoms with E-state index in [-0.39, 0.29) is 6.03 Å². The fraction of sp³-hybridized carbons (Fsp3) is 0.286. The van der Waals surface area contributed by atoms with Crippen molar-refractivity contribution in [1.29, 1.82) is 0 Å². The van der Waals surface area contributed by atoms with Gasteiger partial charge in [0, 0.05) is 30.5 Å². The predicted octanol–water partition coefficient (Wildman–Crippen LogP) is 1.83. The number of amides is 2. The summed E-state index contributed by atoms with van der Waals surface area (Å²) in [7, 11) is 0. The maximum Gasteiger partial charge on any atom is 0.319 e. The lowest BCUT2D eigenvalue weighted by atomic mass is 10.1. The van der Waals surface area contributed by atoms with Crippen LogP contribution >= 0.6 is 0 Å². The lowest BCUT2D eigenvalue weighted by Crippen LogP contribution is -2.30. The van der Waals surface area contributed by atoms with Gasteiger partial charge in [0.05, 0.1) is 12.4 Å². The number of urea groups is 1. The molecular weight excluding hydrogens is 256 g/mol. The standard InChI is InChI=1S/C14H18N4O2/c1-10(19)11-3-2-4-12(7-11)18-14(20)16-6-5-13-8-15-9-17-13/h2-4,7-10,19H,5-6H2,1H3,(H,15,17)(H2,16,18,20). The molecule has 0 aliphatic heterocycles. The minimum atomic E-state index is -0.555. The number of aromatic nitrogens is 2. The molecule has 106 valence electrons. The van der Waals surface area contributed by atoms with Gasteiger partial charge in [-0.05, 0) is 24.6 Å². The van der Waals surface area contributed by atoms with Crippen molar-refractivity contribution in [1.82, 2.24) is 15.3 Å². The first-order valence-electron chi connectivity index (χ1n) is 6.45. The Labute approximate surface area is 117 Å². The first-order chi connectivity index (χ1) is 9.65. The smallest absolute Gasteiger partial charge is 0.319 e. The van der Waals surface area contributed by atoms with E-state index in [4.69, 9.17) is 0 Å². The number of carbonyl (C=O) groups is 1. The minimum absolute atomic E-state index is 0.271. The van der Waals surface area contributed by atoms with Crippen molar-refractivity contribution in [3.8, 4) is 0 Å². The zero-order valence-electron chi connectivity index (χ0n) is 11.3. The highest BCUT2D eigenvalue weighted by Gasteiger charge is 2.04. The van der Waals surface area contributed by atoms with Gasteiger partial charge in [0.1, 0.15) is 0 Å². The van der Waals surface area contributed by atoms with Crippen LogP contribution in [-0.2, 0) is 6.42 Å². The van der Waals surface area contributed by atoms with Crippen LogP contribution in [0.3, 0.4) is 0 Å². The average molecular weight is 274 g/mol. The summed E-state index contributed by atoms with van der Waals surface area (Å²) in [5, 5.41) is 15.0. The summed E-state index contributed by atoms with van der Waals surface area (Å²) in [6.45, 7) is 2.20. The molecule has 2 amide bonds. The Kier molecular flexibility index (Phi) is 4.73. The van der Waals surface area contributed by atoms with Crippen molar-refractivity contribution in [3.05, 3.63) is 48.0 Å². The summed E-state index contributed by atoms with van der Waals surface area (Å²) < 4.78 is 0. The molecule has 4 N–H and O–H groups in total. The monoisotopic (exact) mass is 274 g/mol. The maximum atomic E-state index is 11.7. The number of H-pyrrole nitrogens is 1. The van der Waals surface area contributed by atoms with Gasteiger partial charge in [-0.25, -0.2) is 9.78 Å². The number of imidazole rings is 1. The normalized spacial score (nSPS) is 11.9. The number of aliphatic hydroxyl groups is 1. The first kappa shape index (κ1) is 14.1. The summed E-state index contributed by atoms with van der Waals surface area (Å²) in [5.74, 6) is 0. The van der Waals surface area contributed by atoms with Gasteiger partial charge in [-0.3, -0.25) is 0 Å². The fourth-order valence-electron chi connectivity index (χ4n) is 1.78. The number of carbonyl (C=O) groups excluding carboxylic acids is 1. The number of hydrogen-bond acceptors (Lipinski definition) is 3. The first-order valence-corrected chi connectivity index (χ1v) is 6.45. The Balaban J connectivity index is 1.80. The molecule has 0 bridgehead atoms. The van der Waals surface area contributed by atoms with Crippen LogP contribution in [0.15, 0.2) is 36.8 Å². The number of aromatic amines is 1. The van der Waals surface area contributed by atoms with Gasteiger partial charge < -0.3 is 20.7 Å². The highest BCUT2D eigenvalue weighted by atomic mass is 16.3. The largest absolute Gasteiger partial charge is 0.389 e. The third-order valence-corrected chi connectivity index (χ3v) is 2.86. The van der Waals surface area contributed by atoms with Gasteiger partial charge in [0.2, 0.25) is 0 Å². The quantitative estimate of drug-likeness (QED) is 0.670. The molecule has 1 unspecified atom stereocenters. The van der Waals surface area contributed by atoms with E-state index in [2.05, 4.69) is 20.6 Å². The van der Waals surface area contributed by atoms with Crippen LogP contribution < -0.4 is 10.6 Å². The third-order valence-electron chi connectivity index (χ3n) is 2.86. The Hall–Kier alpha value is -2.34. The number of nitrogens with zero attached hydrogens (tertiary/aromatic N) is 1. The second kappa shape index (κ2) is 6.72. The minimum Gasteiger partial charge on any atom is -0.389 e. The molecule has 0 aliphatic carbocycles. The number of benzene rings is 1. The molecule has 6 nitrogen and oxygen atoms in total. The van der Waals surface area contributed by atoms with E-state index in [0.717, 1.165) is 11.3 Å². The van der Waals surface area contributed by atoms with E-state index in [1.165, 1.54) is 0 Å². The summed E-state index contributed by atoms with van der Waals surface area (Å²) in [5.41, 5.74) is 2.39. The number of anilines is 1. The molecule has 6 heteroatoms. The van der Waals surface area contributed by atoms with Crippen molar-refractivity contribution < 1.29 is 9.90 Å². The second-order valence-corrected chi connectivity index (χ2v) is 4.51. The average Bonchev–Trinajstić information content (AvgIpc) is 2.92. The van der Waals surface area contributed by atoms with Gasteiger partial charge in [-0.2, -0.15) is 0 Å².